The van der Waals surface area contributed by atoms with Gasteiger partial charge in [-0.15, -0.1) is 0 Å². The van der Waals surface area contributed by atoms with Gasteiger partial charge < -0.3 is 14.2 Å². The van der Waals surface area contributed by atoms with Crippen LogP contribution in [0.4, 0.5) is 5.69 Å². The van der Waals surface area contributed by atoms with Gasteiger partial charge in [-0.3, -0.25) is 14.9 Å². The van der Waals surface area contributed by atoms with Gasteiger partial charge in [0.15, 0.2) is 17.3 Å². The fourth-order valence-corrected chi connectivity index (χ4v) is 3.55. The maximum absolute atomic E-state index is 12.5. The second kappa shape index (κ2) is 11.3. The fraction of sp³-hybridized carbons (Fsp3) is 0.160. The van der Waals surface area contributed by atoms with Crippen LogP contribution >= 0.6 is 15.9 Å². The number of carbonyl (C=O) groups excluding carboxylic acids is 1. The average Bonchev–Trinajstić information content (AvgIpc) is 2.82. The number of nitro benzene ring substituents is 1. The molecule has 0 radical (unpaired) electrons. The van der Waals surface area contributed by atoms with Crippen molar-refractivity contribution < 1.29 is 23.9 Å². The number of halogens is 1. The molecule has 0 unspecified atom stereocenters. The van der Waals surface area contributed by atoms with Crippen LogP contribution < -0.4 is 14.2 Å². The van der Waals surface area contributed by atoms with Gasteiger partial charge in [0.1, 0.15) is 12.4 Å². The number of nitro groups is 1. The summed E-state index contributed by atoms with van der Waals surface area (Å²) in [7, 11) is 1.57. The van der Waals surface area contributed by atoms with Crippen molar-refractivity contribution in [3.05, 3.63) is 98.0 Å². The maximum atomic E-state index is 12.5. The Morgan fingerprint density at radius 3 is 2.36 bits per heavy atom. The largest absolute Gasteiger partial charge is 0.497 e. The number of allylic oxidation sites excluding steroid dienone is 1. The van der Waals surface area contributed by atoms with Crippen molar-refractivity contribution >= 4 is 33.5 Å². The molecule has 0 spiro atoms. The monoisotopic (exact) mass is 511 g/mol. The standard InChI is InChI=1S/C25H22BrNO6/c1-3-32-24-15-18(6-13-23(28)19-7-11-21(31-2)12-8-19)14-22(26)25(24)33-16-17-4-9-20(10-5-17)27(29)30/h4-15H,3,16H2,1-2H3/b13-6+. The molecule has 0 aromatic heterocycles. The first-order chi connectivity index (χ1) is 15.9. The summed E-state index contributed by atoms with van der Waals surface area (Å²) in [6.45, 7) is 2.50. The van der Waals surface area contributed by atoms with E-state index in [1.165, 1.54) is 18.2 Å². The molecule has 33 heavy (non-hydrogen) atoms. The number of carbonyl (C=O) groups is 1. The number of nitrogens with zero attached hydrogens (tertiary/aromatic N) is 1. The van der Waals surface area contributed by atoms with E-state index in [2.05, 4.69) is 15.9 Å². The SMILES string of the molecule is CCOc1cc(/C=C/C(=O)c2ccc(OC)cc2)cc(Br)c1OCc1ccc([N+](=O)[O-])cc1. The predicted octanol–water partition coefficient (Wildman–Crippen LogP) is 6.24. The minimum absolute atomic E-state index is 0.0234. The predicted molar refractivity (Wildman–Crippen MR) is 129 cm³/mol. The first kappa shape index (κ1) is 24.0. The van der Waals surface area contributed by atoms with Crippen LogP contribution in [0.2, 0.25) is 0 Å². The zero-order chi connectivity index (χ0) is 23.8. The third kappa shape index (κ3) is 6.43. The summed E-state index contributed by atoms with van der Waals surface area (Å²) in [6, 6.07) is 16.7. The van der Waals surface area contributed by atoms with E-state index < -0.39 is 4.92 Å². The van der Waals surface area contributed by atoms with E-state index in [9.17, 15) is 14.9 Å². The van der Waals surface area contributed by atoms with Crippen molar-refractivity contribution in [1.82, 2.24) is 0 Å². The fourth-order valence-electron chi connectivity index (χ4n) is 2.98. The molecular weight excluding hydrogens is 490 g/mol. The maximum Gasteiger partial charge on any atom is 0.269 e. The van der Waals surface area contributed by atoms with Gasteiger partial charge in [-0.2, -0.15) is 0 Å². The highest BCUT2D eigenvalue weighted by Crippen LogP contribution is 2.38. The Hall–Kier alpha value is -3.65. The van der Waals surface area contributed by atoms with E-state index in [4.69, 9.17) is 14.2 Å². The van der Waals surface area contributed by atoms with E-state index in [1.54, 1.807) is 55.7 Å². The Bertz CT molecular complexity index is 1160. The normalized spacial score (nSPS) is 10.8. The first-order valence-electron chi connectivity index (χ1n) is 10.1. The van der Waals surface area contributed by atoms with Crippen LogP contribution in [0.25, 0.3) is 6.08 Å². The van der Waals surface area contributed by atoms with E-state index in [0.717, 1.165) is 11.1 Å². The second-order valence-electron chi connectivity index (χ2n) is 6.90. The minimum atomic E-state index is -0.444. The Morgan fingerprint density at radius 2 is 1.76 bits per heavy atom. The molecule has 8 heteroatoms. The van der Waals surface area contributed by atoms with Gasteiger partial charge in [0, 0.05) is 17.7 Å². The van der Waals surface area contributed by atoms with E-state index in [1.807, 2.05) is 13.0 Å². The molecule has 170 valence electrons. The average molecular weight is 512 g/mol. The lowest BCUT2D eigenvalue weighted by Gasteiger charge is -2.15. The minimum Gasteiger partial charge on any atom is -0.497 e. The number of non-ortho nitro benzene ring substituents is 1. The summed E-state index contributed by atoms with van der Waals surface area (Å²) >= 11 is 3.51. The zero-order valence-corrected chi connectivity index (χ0v) is 19.7. The number of rotatable bonds is 10. The summed E-state index contributed by atoms with van der Waals surface area (Å²) < 4.78 is 17.4. The number of benzene rings is 3. The van der Waals surface area contributed by atoms with Crippen molar-refractivity contribution in [2.24, 2.45) is 0 Å². The highest BCUT2D eigenvalue weighted by atomic mass is 79.9. The van der Waals surface area contributed by atoms with Gasteiger partial charge in [-0.1, -0.05) is 6.08 Å². The molecule has 0 aliphatic heterocycles. The Morgan fingerprint density at radius 1 is 1.06 bits per heavy atom. The highest BCUT2D eigenvalue weighted by Gasteiger charge is 2.13. The molecule has 3 aromatic carbocycles. The highest BCUT2D eigenvalue weighted by molar-refractivity contribution is 9.10. The zero-order valence-electron chi connectivity index (χ0n) is 18.1. The third-order valence-electron chi connectivity index (χ3n) is 4.66. The van der Waals surface area contributed by atoms with Gasteiger partial charge in [0.05, 0.1) is 23.1 Å². The molecule has 0 heterocycles. The van der Waals surface area contributed by atoms with Crippen LogP contribution in [0.3, 0.4) is 0 Å². The van der Waals surface area contributed by atoms with Crippen molar-refractivity contribution in [2.75, 3.05) is 13.7 Å². The lowest BCUT2D eigenvalue weighted by Crippen LogP contribution is -2.01. The Labute approximate surface area is 199 Å². The Kier molecular flexibility index (Phi) is 8.21. The van der Waals surface area contributed by atoms with Crippen molar-refractivity contribution in [3.63, 3.8) is 0 Å². The van der Waals surface area contributed by atoms with E-state index >= 15 is 0 Å². The lowest BCUT2D eigenvalue weighted by atomic mass is 10.1. The summed E-state index contributed by atoms with van der Waals surface area (Å²) in [4.78, 5) is 22.8. The van der Waals surface area contributed by atoms with Gasteiger partial charge in [-0.05, 0) is 88.6 Å². The first-order valence-corrected chi connectivity index (χ1v) is 10.9. The van der Waals surface area contributed by atoms with Gasteiger partial charge in [0.25, 0.3) is 5.69 Å². The van der Waals surface area contributed by atoms with Crippen molar-refractivity contribution in [1.29, 1.82) is 0 Å². The number of ether oxygens (including phenoxy) is 3. The molecule has 0 fully saturated rings. The van der Waals surface area contributed by atoms with E-state index in [-0.39, 0.29) is 18.1 Å². The molecule has 3 aromatic rings. The molecule has 7 nitrogen and oxygen atoms in total. The van der Waals surface area contributed by atoms with Crippen LogP contribution in [-0.4, -0.2) is 24.4 Å². The molecule has 0 aliphatic carbocycles. The molecule has 0 saturated heterocycles. The molecule has 0 atom stereocenters. The lowest BCUT2D eigenvalue weighted by molar-refractivity contribution is -0.384. The molecule has 0 saturated carbocycles. The number of methoxy groups -OCH3 is 1. The third-order valence-corrected chi connectivity index (χ3v) is 5.25. The molecule has 0 amide bonds. The van der Waals surface area contributed by atoms with Crippen molar-refractivity contribution in [2.45, 2.75) is 13.5 Å². The number of hydrogen-bond acceptors (Lipinski definition) is 6. The Balaban J connectivity index is 1.76. The summed E-state index contributed by atoms with van der Waals surface area (Å²) in [6.07, 6.45) is 3.21. The van der Waals surface area contributed by atoms with E-state index in [0.29, 0.717) is 33.9 Å². The second-order valence-corrected chi connectivity index (χ2v) is 7.76. The molecule has 0 N–H and O–H groups in total. The van der Waals surface area contributed by atoms with Crippen LogP contribution in [-0.2, 0) is 6.61 Å². The van der Waals surface area contributed by atoms with Gasteiger partial charge in [0.2, 0.25) is 0 Å². The van der Waals surface area contributed by atoms with Crippen LogP contribution in [0.1, 0.15) is 28.4 Å². The number of hydrogen-bond donors (Lipinski definition) is 0. The summed E-state index contributed by atoms with van der Waals surface area (Å²) in [5.41, 5.74) is 2.12. The quantitative estimate of drug-likeness (QED) is 0.138. The van der Waals surface area contributed by atoms with Gasteiger partial charge in [-0.25, -0.2) is 0 Å². The van der Waals surface area contributed by atoms with Crippen LogP contribution in [0, 0.1) is 10.1 Å². The van der Waals surface area contributed by atoms with Gasteiger partial charge >= 0.3 is 0 Å². The molecule has 0 aliphatic rings. The summed E-state index contributed by atoms with van der Waals surface area (Å²) in [5.74, 6) is 1.58. The van der Waals surface area contributed by atoms with Crippen LogP contribution in [0.5, 0.6) is 17.2 Å². The van der Waals surface area contributed by atoms with Crippen LogP contribution in [0.15, 0.2) is 71.2 Å². The topological polar surface area (TPSA) is 87.9 Å². The van der Waals surface area contributed by atoms with Crippen molar-refractivity contribution in [3.8, 4) is 17.2 Å². The molecular formula is C25H22BrNO6. The molecule has 0 bridgehead atoms. The summed E-state index contributed by atoms with van der Waals surface area (Å²) in [5, 5.41) is 10.8. The molecule has 3 rings (SSSR count). The number of ketones is 1. The smallest absolute Gasteiger partial charge is 0.269 e.